The molecule has 21 heavy (non-hydrogen) atoms. The summed E-state index contributed by atoms with van der Waals surface area (Å²) < 4.78 is 10.6. The summed E-state index contributed by atoms with van der Waals surface area (Å²) in [5.41, 5.74) is 0.839. The molecule has 1 unspecified atom stereocenters. The number of hydrogen-bond donors (Lipinski definition) is 3. The van der Waals surface area contributed by atoms with Crippen LogP contribution in [0.2, 0.25) is 0 Å². The van der Waals surface area contributed by atoms with E-state index < -0.39 is 6.10 Å². The predicted molar refractivity (Wildman–Crippen MR) is 78.4 cm³/mol. The largest absolute Gasteiger partial charge is 0.454 e. The zero-order chi connectivity index (χ0) is 14.7. The molecular formula is C16H23NO4. The van der Waals surface area contributed by atoms with Crippen molar-refractivity contribution >= 4 is 0 Å². The van der Waals surface area contributed by atoms with Gasteiger partial charge in [0.05, 0.1) is 12.2 Å². The molecule has 1 aliphatic heterocycles. The summed E-state index contributed by atoms with van der Waals surface area (Å²) >= 11 is 0. The highest BCUT2D eigenvalue weighted by Crippen LogP contribution is 2.34. The van der Waals surface area contributed by atoms with Gasteiger partial charge in [0, 0.05) is 6.54 Å². The first-order chi connectivity index (χ1) is 10.2. The van der Waals surface area contributed by atoms with Crippen molar-refractivity contribution in [3.63, 3.8) is 0 Å². The molecule has 1 aromatic rings. The molecule has 1 heterocycles. The number of ether oxygens (including phenoxy) is 2. The zero-order valence-corrected chi connectivity index (χ0v) is 12.1. The Balaban J connectivity index is 1.45. The fourth-order valence-corrected chi connectivity index (χ4v) is 3.01. The molecule has 1 fully saturated rings. The number of rotatable bonds is 5. The molecule has 3 rings (SSSR count). The molecule has 1 atom stereocenters. The van der Waals surface area contributed by atoms with Crippen molar-refractivity contribution in [1.29, 1.82) is 0 Å². The average Bonchev–Trinajstić information content (AvgIpc) is 2.96. The smallest absolute Gasteiger partial charge is 0.231 e. The Kier molecular flexibility index (Phi) is 4.63. The molecule has 0 spiro atoms. The standard InChI is InChI=1S/C16H23NO4/c18-13-4-1-11(2-5-13)8-17-9-14(19)12-3-6-15-16(7-12)21-10-20-15/h3,6-7,11,13-14,17-19H,1-2,4-5,8-10H2. The Morgan fingerprint density at radius 1 is 1.14 bits per heavy atom. The van der Waals surface area contributed by atoms with Crippen molar-refractivity contribution in [1.82, 2.24) is 5.32 Å². The van der Waals surface area contributed by atoms with E-state index in [4.69, 9.17) is 9.47 Å². The summed E-state index contributed by atoms with van der Waals surface area (Å²) in [5, 5.41) is 23.0. The molecule has 5 heteroatoms. The summed E-state index contributed by atoms with van der Waals surface area (Å²) in [6.45, 7) is 1.67. The number of fused-ring (bicyclic) bond motifs is 1. The SMILES string of the molecule is OC1CCC(CNCC(O)c2ccc3c(c2)OCO3)CC1. The van der Waals surface area contributed by atoms with E-state index >= 15 is 0 Å². The molecule has 1 aliphatic carbocycles. The third kappa shape index (κ3) is 3.67. The Bertz CT molecular complexity index is 471. The van der Waals surface area contributed by atoms with Crippen molar-refractivity contribution < 1.29 is 19.7 Å². The van der Waals surface area contributed by atoms with Gasteiger partial charge in [0.15, 0.2) is 11.5 Å². The lowest BCUT2D eigenvalue weighted by Gasteiger charge is -2.26. The molecule has 0 radical (unpaired) electrons. The van der Waals surface area contributed by atoms with Crippen LogP contribution < -0.4 is 14.8 Å². The first-order valence-corrected chi connectivity index (χ1v) is 7.69. The van der Waals surface area contributed by atoms with Crippen LogP contribution in [-0.4, -0.2) is 36.2 Å². The number of nitrogens with one attached hydrogen (secondary N) is 1. The maximum Gasteiger partial charge on any atom is 0.231 e. The quantitative estimate of drug-likeness (QED) is 0.769. The van der Waals surface area contributed by atoms with Crippen molar-refractivity contribution in [2.45, 2.75) is 37.9 Å². The van der Waals surface area contributed by atoms with Crippen molar-refractivity contribution in [2.75, 3.05) is 19.9 Å². The van der Waals surface area contributed by atoms with Gasteiger partial charge in [0.1, 0.15) is 0 Å². The van der Waals surface area contributed by atoms with Gasteiger partial charge < -0.3 is 25.0 Å². The van der Waals surface area contributed by atoms with Crippen LogP contribution in [0.15, 0.2) is 18.2 Å². The average molecular weight is 293 g/mol. The maximum absolute atomic E-state index is 10.2. The predicted octanol–water partition coefficient (Wildman–Crippen LogP) is 1.59. The second-order valence-electron chi connectivity index (χ2n) is 5.96. The number of aliphatic hydroxyl groups is 2. The van der Waals surface area contributed by atoms with Crippen LogP contribution in [0.1, 0.15) is 37.4 Å². The maximum atomic E-state index is 10.2. The molecule has 2 aliphatic rings. The molecule has 5 nitrogen and oxygen atoms in total. The van der Waals surface area contributed by atoms with E-state index in [2.05, 4.69) is 5.32 Å². The highest BCUT2D eigenvalue weighted by atomic mass is 16.7. The highest BCUT2D eigenvalue weighted by molar-refractivity contribution is 5.45. The molecule has 0 bridgehead atoms. The van der Waals surface area contributed by atoms with E-state index in [9.17, 15) is 10.2 Å². The van der Waals surface area contributed by atoms with Crippen molar-refractivity contribution in [2.24, 2.45) is 5.92 Å². The molecule has 0 aromatic heterocycles. The first-order valence-electron chi connectivity index (χ1n) is 7.69. The van der Waals surface area contributed by atoms with Crippen LogP contribution in [0.4, 0.5) is 0 Å². The van der Waals surface area contributed by atoms with Crippen molar-refractivity contribution in [3.05, 3.63) is 23.8 Å². The summed E-state index contributed by atoms with van der Waals surface area (Å²) in [4.78, 5) is 0. The van der Waals surface area contributed by atoms with Gasteiger partial charge in [-0.15, -0.1) is 0 Å². The van der Waals surface area contributed by atoms with Gasteiger partial charge in [-0.2, -0.15) is 0 Å². The molecule has 0 amide bonds. The van der Waals surface area contributed by atoms with Gasteiger partial charge in [0.2, 0.25) is 6.79 Å². The molecule has 116 valence electrons. The normalized spacial score (nSPS) is 25.8. The fourth-order valence-electron chi connectivity index (χ4n) is 3.01. The molecule has 1 aromatic carbocycles. The highest BCUT2D eigenvalue weighted by Gasteiger charge is 2.20. The van der Waals surface area contributed by atoms with E-state index in [-0.39, 0.29) is 12.9 Å². The first kappa shape index (κ1) is 14.6. The van der Waals surface area contributed by atoms with E-state index in [1.807, 2.05) is 18.2 Å². The third-order valence-electron chi connectivity index (χ3n) is 4.37. The van der Waals surface area contributed by atoms with Gasteiger partial charge in [0.25, 0.3) is 0 Å². The van der Waals surface area contributed by atoms with E-state index in [1.54, 1.807) is 0 Å². The Morgan fingerprint density at radius 2 is 1.90 bits per heavy atom. The minimum atomic E-state index is -0.548. The minimum absolute atomic E-state index is 0.111. The van der Waals surface area contributed by atoms with Gasteiger partial charge in [-0.05, 0) is 55.8 Å². The molecule has 0 saturated heterocycles. The van der Waals surface area contributed by atoms with Crippen LogP contribution in [0, 0.1) is 5.92 Å². The Morgan fingerprint density at radius 3 is 2.71 bits per heavy atom. The van der Waals surface area contributed by atoms with Crippen LogP contribution in [-0.2, 0) is 0 Å². The summed E-state index contributed by atoms with van der Waals surface area (Å²) in [5.74, 6) is 2.05. The summed E-state index contributed by atoms with van der Waals surface area (Å²) in [7, 11) is 0. The second-order valence-corrected chi connectivity index (χ2v) is 5.96. The van der Waals surface area contributed by atoms with E-state index in [1.165, 1.54) is 0 Å². The second kappa shape index (κ2) is 6.64. The van der Waals surface area contributed by atoms with Gasteiger partial charge in [-0.1, -0.05) is 6.07 Å². The van der Waals surface area contributed by atoms with Crippen LogP contribution in [0.5, 0.6) is 11.5 Å². The van der Waals surface area contributed by atoms with E-state index in [0.717, 1.165) is 43.5 Å². The van der Waals surface area contributed by atoms with Crippen molar-refractivity contribution in [3.8, 4) is 11.5 Å². The number of benzene rings is 1. The number of hydrogen-bond acceptors (Lipinski definition) is 5. The molecule has 1 saturated carbocycles. The van der Waals surface area contributed by atoms with Crippen LogP contribution in [0.25, 0.3) is 0 Å². The fraction of sp³-hybridized carbons (Fsp3) is 0.625. The van der Waals surface area contributed by atoms with Gasteiger partial charge >= 0.3 is 0 Å². The third-order valence-corrected chi connectivity index (χ3v) is 4.37. The Hall–Kier alpha value is -1.30. The Labute approximate surface area is 124 Å². The van der Waals surface area contributed by atoms with E-state index in [0.29, 0.717) is 18.2 Å². The van der Waals surface area contributed by atoms with Crippen LogP contribution >= 0.6 is 0 Å². The topological polar surface area (TPSA) is 71.0 Å². The number of aliphatic hydroxyl groups excluding tert-OH is 2. The lowest BCUT2D eigenvalue weighted by molar-refractivity contribution is 0.106. The zero-order valence-electron chi connectivity index (χ0n) is 12.1. The summed E-state index contributed by atoms with van der Waals surface area (Å²) in [6, 6.07) is 5.55. The van der Waals surface area contributed by atoms with Gasteiger partial charge in [-0.3, -0.25) is 0 Å². The lowest BCUT2D eigenvalue weighted by Crippen LogP contribution is -2.30. The minimum Gasteiger partial charge on any atom is -0.454 e. The monoisotopic (exact) mass is 293 g/mol. The van der Waals surface area contributed by atoms with Crippen LogP contribution in [0.3, 0.4) is 0 Å². The molecule has 3 N–H and O–H groups in total. The molecular weight excluding hydrogens is 270 g/mol. The summed E-state index contributed by atoms with van der Waals surface area (Å²) in [6.07, 6.45) is 3.27. The lowest BCUT2D eigenvalue weighted by atomic mass is 9.87. The van der Waals surface area contributed by atoms with Gasteiger partial charge in [-0.25, -0.2) is 0 Å².